The van der Waals surface area contributed by atoms with Gasteiger partial charge in [0.25, 0.3) is 0 Å². The first kappa shape index (κ1) is 22.3. The summed E-state index contributed by atoms with van der Waals surface area (Å²) < 4.78 is 5.49. The molecular formula is C25H32ClN3O2. The Balaban J connectivity index is 1.47. The zero-order valence-corrected chi connectivity index (χ0v) is 19.0. The number of ether oxygens (including phenoxy) is 1. The first-order chi connectivity index (χ1) is 15.1. The van der Waals surface area contributed by atoms with Crippen LogP contribution < -0.4 is 10.6 Å². The average Bonchev–Trinajstić information content (AvgIpc) is 2.81. The molecule has 2 N–H and O–H groups in total. The Morgan fingerprint density at radius 3 is 2.90 bits per heavy atom. The molecule has 5 nitrogen and oxygen atoms in total. The Morgan fingerprint density at radius 1 is 1.29 bits per heavy atom. The molecule has 166 valence electrons. The Morgan fingerprint density at radius 2 is 2.13 bits per heavy atom. The summed E-state index contributed by atoms with van der Waals surface area (Å²) in [6.45, 7) is 5.72. The highest BCUT2D eigenvalue weighted by Gasteiger charge is 2.22. The van der Waals surface area contributed by atoms with E-state index in [0.29, 0.717) is 23.4 Å². The number of carbonyl (C=O) groups is 1. The maximum absolute atomic E-state index is 12.7. The van der Waals surface area contributed by atoms with Gasteiger partial charge in [0.2, 0.25) is 0 Å². The summed E-state index contributed by atoms with van der Waals surface area (Å²) in [5, 5.41) is 7.57. The topological polar surface area (TPSA) is 63.2 Å². The van der Waals surface area contributed by atoms with Crippen molar-refractivity contribution in [2.75, 3.05) is 31.6 Å². The normalized spacial score (nSPS) is 20.9. The summed E-state index contributed by atoms with van der Waals surface area (Å²) in [4.78, 5) is 17.1. The van der Waals surface area contributed by atoms with E-state index in [1.807, 2.05) is 12.1 Å². The number of anilines is 1. The number of Topliss-reactive ketones (excluding diaryl/α,β-unsaturated/α-hetero) is 1. The van der Waals surface area contributed by atoms with Crippen LogP contribution in [0.1, 0.15) is 38.3 Å². The maximum Gasteiger partial charge on any atom is 0.143 e. The van der Waals surface area contributed by atoms with Gasteiger partial charge in [0.15, 0.2) is 0 Å². The molecule has 0 spiro atoms. The van der Waals surface area contributed by atoms with Crippen LogP contribution in [0, 0.1) is 11.8 Å². The van der Waals surface area contributed by atoms with Crippen molar-refractivity contribution in [1.29, 1.82) is 0 Å². The molecule has 0 amide bonds. The largest absolute Gasteiger partial charge is 0.382 e. The number of rotatable bonds is 7. The van der Waals surface area contributed by atoms with Gasteiger partial charge < -0.3 is 15.4 Å². The van der Waals surface area contributed by atoms with E-state index >= 15 is 0 Å². The van der Waals surface area contributed by atoms with Crippen molar-refractivity contribution in [2.45, 2.75) is 45.1 Å². The van der Waals surface area contributed by atoms with E-state index in [4.69, 9.17) is 16.3 Å². The number of hydrogen-bond acceptors (Lipinski definition) is 5. The molecule has 2 fully saturated rings. The minimum absolute atomic E-state index is 0.0916. The molecule has 6 heteroatoms. The fourth-order valence-corrected chi connectivity index (χ4v) is 4.83. The van der Waals surface area contributed by atoms with Gasteiger partial charge in [-0.3, -0.25) is 9.78 Å². The van der Waals surface area contributed by atoms with Gasteiger partial charge in [0.1, 0.15) is 5.78 Å². The quantitative estimate of drug-likeness (QED) is 0.649. The summed E-state index contributed by atoms with van der Waals surface area (Å²) in [6.07, 6.45) is 6.24. The van der Waals surface area contributed by atoms with Gasteiger partial charge in [-0.25, -0.2) is 0 Å². The lowest BCUT2D eigenvalue weighted by atomic mass is 9.92. The van der Waals surface area contributed by atoms with Crippen LogP contribution in [0.25, 0.3) is 11.1 Å². The van der Waals surface area contributed by atoms with Gasteiger partial charge in [-0.15, -0.1) is 0 Å². The van der Waals surface area contributed by atoms with Crippen molar-refractivity contribution >= 4 is 23.1 Å². The third-order valence-corrected chi connectivity index (χ3v) is 6.86. The van der Waals surface area contributed by atoms with E-state index < -0.39 is 0 Å². The Kier molecular flexibility index (Phi) is 7.59. The van der Waals surface area contributed by atoms with E-state index in [0.717, 1.165) is 74.5 Å². The van der Waals surface area contributed by atoms with Crippen LogP contribution in [0.15, 0.2) is 36.5 Å². The monoisotopic (exact) mass is 441 g/mol. The molecule has 0 saturated carbocycles. The number of pyridine rings is 1. The van der Waals surface area contributed by atoms with Gasteiger partial charge in [-0.1, -0.05) is 23.7 Å². The molecular weight excluding hydrogens is 410 g/mol. The van der Waals surface area contributed by atoms with Crippen LogP contribution in [-0.4, -0.2) is 43.1 Å². The standard InChI is InChI=1S/C25H32ClN3O2/c1-17(18-7-10-31-11-8-18)29-21-6-2-4-19(12-21)23-13-22(28-16-24(23)26)14-25(30)20-5-3-9-27-15-20/h2,4,6,12-13,16-18,20,27,29H,3,5,7-11,14-15H2,1H3/t17-,20+/m0/s1. The van der Waals surface area contributed by atoms with Crippen LogP contribution in [0.3, 0.4) is 0 Å². The highest BCUT2D eigenvalue weighted by atomic mass is 35.5. The summed E-state index contributed by atoms with van der Waals surface area (Å²) >= 11 is 6.50. The molecule has 2 aliphatic heterocycles. The third-order valence-electron chi connectivity index (χ3n) is 6.56. The van der Waals surface area contributed by atoms with Crippen molar-refractivity contribution in [1.82, 2.24) is 10.3 Å². The predicted octanol–water partition coefficient (Wildman–Crippen LogP) is 4.74. The van der Waals surface area contributed by atoms with Gasteiger partial charge in [0, 0.05) is 61.3 Å². The maximum atomic E-state index is 12.7. The lowest BCUT2D eigenvalue weighted by Gasteiger charge is -2.29. The van der Waals surface area contributed by atoms with Crippen molar-refractivity contribution in [3.8, 4) is 11.1 Å². The molecule has 2 saturated heterocycles. The first-order valence-electron chi connectivity index (χ1n) is 11.4. The number of ketones is 1. The molecule has 0 aliphatic carbocycles. The smallest absolute Gasteiger partial charge is 0.143 e. The van der Waals surface area contributed by atoms with Crippen LogP contribution >= 0.6 is 11.6 Å². The lowest BCUT2D eigenvalue weighted by Crippen LogP contribution is -2.35. The molecule has 0 radical (unpaired) electrons. The molecule has 31 heavy (non-hydrogen) atoms. The van der Waals surface area contributed by atoms with Crippen molar-refractivity contribution in [3.05, 3.63) is 47.2 Å². The number of halogens is 1. The van der Waals surface area contributed by atoms with Gasteiger partial charge >= 0.3 is 0 Å². The van der Waals surface area contributed by atoms with Crippen LogP contribution in [0.5, 0.6) is 0 Å². The van der Waals surface area contributed by atoms with Gasteiger partial charge in [0.05, 0.1) is 5.02 Å². The number of piperidine rings is 1. The Bertz CT molecular complexity index is 892. The van der Waals surface area contributed by atoms with E-state index in [2.05, 4.69) is 40.7 Å². The van der Waals surface area contributed by atoms with Crippen molar-refractivity contribution < 1.29 is 9.53 Å². The second kappa shape index (κ2) is 10.6. The molecule has 0 bridgehead atoms. The highest BCUT2D eigenvalue weighted by Crippen LogP contribution is 2.31. The minimum Gasteiger partial charge on any atom is -0.382 e. The first-order valence-corrected chi connectivity index (χ1v) is 11.8. The molecule has 1 aromatic carbocycles. The zero-order chi connectivity index (χ0) is 21.6. The molecule has 2 aromatic rings. The molecule has 0 unspecified atom stereocenters. The van der Waals surface area contributed by atoms with Crippen LogP contribution in [0.2, 0.25) is 5.02 Å². The Labute approximate surface area is 189 Å². The molecule has 3 heterocycles. The van der Waals surface area contributed by atoms with E-state index in [1.165, 1.54) is 0 Å². The van der Waals surface area contributed by atoms with Gasteiger partial charge in [-0.05, 0) is 68.8 Å². The molecule has 4 rings (SSSR count). The summed E-state index contributed by atoms with van der Waals surface area (Å²) in [5.74, 6) is 0.969. The number of hydrogen-bond donors (Lipinski definition) is 2. The summed E-state index contributed by atoms with van der Waals surface area (Å²) in [7, 11) is 0. The number of nitrogens with one attached hydrogen (secondary N) is 2. The Hall–Kier alpha value is -1.95. The fourth-order valence-electron chi connectivity index (χ4n) is 4.62. The lowest BCUT2D eigenvalue weighted by molar-refractivity contribution is -0.122. The number of nitrogens with zero attached hydrogens (tertiary/aromatic N) is 1. The van der Waals surface area contributed by atoms with Crippen LogP contribution in [0.4, 0.5) is 5.69 Å². The van der Waals surface area contributed by atoms with Crippen LogP contribution in [-0.2, 0) is 16.0 Å². The summed E-state index contributed by atoms with van der Waals surface area (Å²) in [5.41, 5.74) is 3.81. The number of benzene rings is 1. The van der Waals surface area contributed by atoms with E-state index in [-0.39, 0.29) is 11.7 Å². The molecule has 2 aliphatic rings. The van der Waals surface area contributed by atoms with E-state index in [1.54, 1.807) is 6.20 Å². The average molecular weight is 442 g/mol. The highest BCUT2D eigenvalue weighted by molar-refractivity contribution is 6.33. The second-order valence-corrected chi connectivity index (χ2v) is 9.21. The number of aromatic nitrogens is 1. The van der Waals surface area contributed by atoms with Gasteiger partial charge in [-0.2, -0.15) is 0 Å². The fraction of sp³-hybridized carbons (Fsp3) is 0.520. The zero-order valence-electron chi connectivity index (χ0n) is 18.2. The predicted molar refractivity (Wildman–Crippen MR) is 126 cm³/mol. The number of carbonyl (C=O) groups excluding carboxylic acids is 1. The second-order valence-electron chi connectivity index (χ2n) is 8.81. The third kappa shape index (κ3) is 5.85. The van der Waals surface area contributed by atoms with E-state index in [9.17, 15) is 4.79 Å². The summed E-state index contributed by atoms with van der Waals surface area (Å²) in [6, 6.07) is 10.7. The van der Waals surface area contributed by atoms with Crippen molar-refractivity contribution in [2.24, 2.45) is 11.8 Å². The molecule has 2 atom stereocenters. The van der Waals surface area contributed by atoms with Crippen molar-refractivity contribution in [3.63, 3.8) is 0 Å². The SMILES string of the molecule is C[C@H](Nc1cccc(-c2cc(CC(=O)[C@@H]3CCCNC3)ncc2Cl)c1)C1CCOCC1. The minimum atomic E-state index is 0.0916. The molecule has 1 aromatic heterocycles.